The summed E-state index contributed by atoms with van der Waals surface area (Å²) in [6, 6.07) is 24.5. The van der Waals surface area contributed by atoms with E-state index in [1.54, 1.807) is 5.30 Å². The number of rotatable bonds is 9. The lowest BCUT2D eigenvalue weighted by Gasteiger charge is -2.41. The second kappa shape index (κ2) is 13.4. The maximum Gasteiger partial charge on any atom is 0.131 e. The van der Waals surface area contributed by atoms with Gasteiger partial charge in [0.25, 0.3) is 0 Å². The van der Waals surface area contributed by atoms with E-state index in [1.807, 2.05) is 0 Å². The zero-order valence-corrected chi connectivity index (χ0v) is 25.4. The molecule has 0 radical (unpaired) electrons. The molecule has 0 spiro atoms. The van der Waals surface area contributed by atoms with Gasteiger partial charge in [-0.25, -0.2) is 0 Å². The summed E-state index contributed by atoms with van der Waals surface area (Å²) >= 11 is 0. The largest absolute Gasteiger partial charge is 0.490 e. The van der Waals surface area contributed by atoms with Crippen molar-refractivity contribution in [3.8, 4) is 33.8 Å². The lowest BCUT2D eigenvalue weighted by atomic mass is 9.97. The second-order valence-electron chi connectivity index (χ2n) is 12.0. The molecule has 3 aromatic carbocycles. The van der Waals surface area contributed by atoms with Crippen LogP contribution in [0.5, 0.6) is 11.5 Å². The standard InChI is InChI=1S/C36H47O2P/c1-26(2)37-33-24-15-25-34(38-27(3)4)35(33)32-23-14-22-31(28-16-8-5-9-17-28)36(32)39(29-18-10-6-11-19-29)30-20-12-7-13-21-30/h5,8-9,14-17,22-27,29-30H,6-7,10-13,18-21H2,1-4H3. The molecule has 2 fully saturated rings. The Morgan fingerprint density at radius 1 is 0.564 bits per heavy atom. The Labute approximate surface area is 238 Å². The molecule has 0 aliphatic heterocycles. The van der Waals surface area contributed by atoms with Crippen LogP contribution >= 0.6 is 7.92 Å². The molecular formula is C36H47O2P. The average molecular weight is 543 g/mol. The van der Waals surface area contributed by atoms with Crippen LogP contribution in [-0.4, -0.2) is 23.5 Å². The Morgan fingerprint density at radius 3 is 1.56 bits per heavy atom. The lowest BCUT2D eigenvalue weighted by Crippen LogP contribution is -2.28. The predicted octanol–water partition coefficient (Wildman–Crippen LogP) is 10.4. The molecule has 0 saturated heterocycles. The molecule has 0 bridgehead atoms. The van der Waals surface area contributed by atoms with Gasteiger partial charge >= 0.3 is 0 Å². The van der Waals surface area contributed by atoms with Crippen LogP contribution in [0.15, 0.2) is 66.7 Å². The van der Waals surface area contributed by atoms with Gasteiger partial charge in [-0.1, -0.05) is 101 Å². The minimum absolute atomic E-state index is 0.0945. The fraction of sp³-hybridized carbons (Fsp3) is 0.500. The van der Waals surface area contributed by atoms with Crippen LogP contribution in [-0.2, 0) is 0 Å². The van der Waals surface area contributed by atoms with E-state index >= 15 is 0 Å². The monoisotopic (exact) mass is 542 g/mol. The predicted molar refractivity (Wildman–Crippen MR) is 169 cm³/mol. The van der Waals surface area contributed by atoms with Crippen molar-refractivity contribution in [3.63, 3.8) is 0 Å². The van der Waals surface area contributed by atoms with Crippen LogP contribution in [0.3, 0.4) is 0 Å². The van der Waals surface area contributed by atoms with Crippen molar-refractivity contribution < 1.29 is 9.47 Å². The third-order valence-electron chi connectivity index (χ3n) is 8.30. The topological polar surface area (TPSA) is 18.5 Å². The summed E-state index contributed by atoms with van der Waals surface area (Å²) < 4.78 is 13.0. The molecule has 0 aromatic heterocycles. The molecule has 39 heavy (non-hydrogen) atoms. The lowest BCUT2D eigenvalue weighted by molar-refractivity contribution is 0.231. The summed E-state index contributed by atoms with van der Waals surface area (Å²) in [7, 11) is -0.357. The Morgan fingerprint density at radius 2 is 1.05 bits per heavy atom. The van der Waals surface area contributed by atoms with Gasteiger partial charge in [0.15, 0.2) is 0 Å². The summed E-state index contributed by atoms with van der Waals surface area (Å²) in [5.74, 6) is 1.88. The van der Waals surface area contributed by atoms with E-state index in [-0.39, 0.29) is 20.1 Å². The summed E-state index contributed by atoms with van der Waals surface area (Å²) in [5, 5.41) is 1.60. The minimum Gasteiger partial charge on any atom is -0.490 e. The molecule has 5 rings (SSSR count). The molecule has 2 aliphatic carbocycles. The van der Waals surface area contributed by atoms with Gasteiger partial charge in [0.05, 0.1) is 17.8 Å². The number of ether oxygens (including phenoxy) is 2. The molecule has 0 heterocycles. The molecule has 0 atom stereocenters. The third-order valence-corrected chi connectivity index (χ3v) is 11.9. The van der Waals surface area contributed by atoms with E-state index in [0.717, 1.165) is 28.4 Å². The molecule has 0 amide bonds. The molecule has 2 aliphatic rings. The van der Waals surface area contributed by atoms with Gasteiger partial charge in [0, 0.05) is 0 Å². The zero-order valence-electron chi connectivity index (χ0n) is 24.5. The van der Waals surface area contributed by atoms with Crippen LogP contribution in [0.2, 0.25) is 0 Å². The summed E-state index contributed by atoms with van der Waals surface area (Å²) in [4.78, 5) is 0. The van der Waals surface area contributed by atoms with Gasteiger partial charge < -0.3 is 9.47 Å². The minimum atomic E-state index is -0.357. The molecule has 208 valence electrons. The summed E-state index contributed by atoms with van der Waals surface area (Å²) in [6.07, 6.45) is 14.0. The van der Waals surface area contributed by atoms with Crippen molar-refractivity contribution in [3.05, 3.63) is 66.7 Å². The Hall–Kier alpha value is -2.31. The van der Waals surface area contributed by atoms with Crippen molar-refractivity contribution in [2.45, 2.75) is 115 Å². The smallest absolute Gasteiger partial charge is 0.131 e. The number of hydrogen-bond donors (Lipinski definition) is 0. The highest BCUT2D eigenvalue weighted by molar-refractivity contribution is 7.67. The van der Waals surface area contributed by atoms with Crippen LogP contribution in [0.4, 0.5) is 0 Å². The average Bonchev–Trinajstić information content (AvgIpc) is 2.95. The maximum absolute atomic E-state index is 6.52. The van der Waals surface area contributed by atoms with Crippen molar-refractivity contribution in [1.29, 1.82) is 0 Å². The van der Waals surface area contributed by atoms with Crippen molar-refractivity contribution in [2.24, 2.45) is 0 Å². The maximum atomic E-state index is 6.52. The molecule has 3 heteroatoms. The first kappa shape index (κ1) is 28.2. The Bertz CT molecular complexity index is 1140. The van der Waals surface area contributed by atoms with Crippen LogP contribution in [0.25, 0.3) is 22.3 Å². The molecule has 2 nitrogen and oxygen atoms in total. The summed E-state index contributed by atoms with van der Waals surface area (Å²) in [6.45, 7) is 8.49. The Balaban J connectivity index is 1.79. The fourth-order valence-corrected chi connectivity index (χ4v) is 10.9. The van der Waals surface area contributed by atoms with Gasteiger partial charge in [-0.05, 0) is 98.8 Å². The van der Waals surface area contributed by atoms with Gasteiger partial charge in [-0.2, -0.15) is 0 Å². The third kappa shape index (κ3) is 6.71. The molecule has 0 N–H and O–H groups in total. The highest BCUT2D eigenvalue weighted by Crippen LogP contribution is 2.58. The van der Waals surface area contributed by atoms with Crippen LogP contribution in [0.1, 0.15) is 91.9 Å². The SMILES string of the molecule is CC(C)Oc1cccc(OC(C)C)c1-c1cccc(-c2ccccc2)c1P(C1CCCCC1)C1CCCCC1. The normalized spacial score (nSPS) is 17.2. The Kier molecular flexibility index (Phi) is 9.67. The molecule has 3 aromatic rings. The van der Waals surface area contributed by atoms with Crippen molar-refractivity contribution in [1.82, 2.24) is 0 Å². The second-order valence-corrected chi connectivity index (χ2v) is 14.7. The summed E-state index contributed by atoms with van der Waals surface area (Å²) in [5.41, 5.74) is 6.84. The van der Waals surface area contributed by atoms with E-state index in [2.05, 4.69) is 94.4 Å². The van der Waals surface area contributed by atoms with Crippen LogP contribution in [0, 0.1) is 0 Å². The van der Waals surface area contributed by atoms with Gasteiger partial charge in [-0.15, -0.1) is 0 Å². The molecule has 2 saturated carbocycles. The quantitative estimate of drug-likeness (QED) is 0.250. The fourth-order valence-electron chi connectivity index (χ4n) is 6.74. The van der Waals surface area contributed by atoms with Gasteiger partial charge in [0.1, 0.15) is 11.5 Å². The first-order valence-corrected chi connectivity index (χ1v) is 16.9. The van der Waals surface area contributed by atoms with E-state index < -0.39 is 0 Å². The number of hydrogen-bond acceptors (Lipinski definition) is 2. The van der Waals surface area contributed by atoms with Crippen molar-refractivity contribution in [2.75, 3.05) is 0 Å². The number of benzene rings is 3. The van der Waals surface area contributed by atoms with Gasteiger partial charge in [0.2, 0.25) is 0 Å². The highest BCUT2D eigenvalue weighted by atomic mass is 31.1. The first-order valence-electron chi connectivity index (χ1n) is 15.5. The zero-order chi connectivity index (χ0) is 27.2. The van der Waals surface area contributed by atoms with E-state index in [9.17, 15) is 0 Å². The molecular weight excluding hydrogens is 495 g/mol. The van der Waals surface area contributed by atoms with E-state index in [4.69, 9.17) is 9.47 Å². The highest BCUT2D eigenvalue weighted by Gasteiger charge is 2.36. The van der Waals surface area contributed by atoms with Crippen molar-refractivity contribution >= 4 is 13.2 Å². The van der Waals surface area contributed by atoms with E-state index in [1.165, 1.54) is 80.9 Å². The van der Waals surface area contributed by atoms with Crippen LogP contribution < -0.4 is 14.8 Å². The van der Waals surface area contributed by atoms with E-state index in [0.29, 0.717) is 0 Å². The first-order chi connectivity index (χ1) is 19.0. The molecule has 0 unspecified atom stereocenters. The van der Waals surface area contributed by atoms with Gasteiger partial charge in [-0.3, -0.25) is 0 Å².